The Bertz CT molecular complexity index is 1970. The number of hydrogen-bond donors (Lipinski definition) is 5. The van der Waals surface area contributed by atoms with Crippen LogP contribution in [0.3, 0.4) is 0 Å². The number of anilines is 2. The van der Waals surface area contributed by atoms with Crippen molar-refractivity contribution in [1.82, 2.24) is 43.8 Å². The molecule has 3 aliphatic heterocycles. The van der Waals surface area contributed by atoms with Crippen LogP contribution in [-0.4, -0.2) is 96.1 Å². The van der Waals surface area contributed by atoms with E-state index in [9.17, 15) is 22.7 Å². The second-order valence-electron chi connectivity index (χ2n) is 10.0. The number of nitrogens with one attached hydrogen (secondary N) is 2. The first kappa shape index (κ1) is 29.1. The Hall–Kier alpha value is -3.67. The Balaban J connectivity index is 1.19. The van der Waals surface area contributed by atoms with Gasteiger partial charge in [0.05, 0.1) is 25.4 Å². The molecule has 7 heterocycles. The first-order chi connectivity index (χ1) is 20.9. The summed E-state index contributed by atoms with van der Waals surface area (Å²) < 4.78 is 86.9. The summed E-state index contributed by atoms with van der Waals surface area (Å²) in [5, 5.41) is 0. The number of aromatic amines is 1. The molecule has 0 saturated carbocycles. The smallest absolute Gasteiger partial charge is 0.382 e. The Morgan fingerprint density at radius 3 is 2.59 bits per heavy atom. The van der Waals surface area contributed by atoms with Gasteiger partial charge in [-0.1, -0.05) is 0 Å². The lowest BCUT2D eigenvalue weighted by molar-refractivity contribution is -0.0549. The zero-order valence-electron chi connectivity index (χ0n) is 22.0. The largest absolute Gasteiger partial charge is 0.472 e. The predicted molar refractivity (Wildman–Crippen MR) is 142 cm³/mol. The summed E-state index contributed by atoms with van der Waals surface area (Å²) in [4.78, 5) is 45.2. The third-order valence-corrected chi connectivity index (χ3v) is 9.20. The van der Waals surface area contributed by atoms with E-state index in [0.29, 0.717) is 0 Å². The highest BCUT2D eigenvalue weighted by Crippen LogP contribution is 2.50. The number of nitrogens with two attached hydrogens (primary N) is 2. The number of nitrogens with zero attached hydrogens (tertiary/aromatic N) is 7. The van der Waals surface area contributed by atoms with Gasteiger partial charge in [0.1, 0.15) is 30.2 Å². The van der Waals surface area contributed by atoms with Gasteiger partial charge in [-0.3, -0.25) is 28.0 Å². The van der Waals surface area contributed by atoms with Gasteiger partial charge < -0.3 is 25.8 Å². The van der Waals surface area contributed by atoms with Crippen LogP contribution in [0.25, 0.3) is 22.3 Å². The normalized spacial score (nSPS) is 34.4. The monoisotopic (exact) mass is 659 g/mol. The van der Waals surface area contributed by atoms with Gasteiger partial charge in [0, 0.05) is 13.0 Å². The fourth-order valence-corrected chi connectivity index (χ4v) is 7.19. The summed E-state index contributed by atoms with van der Waals surface area (Å²) in [6, 6.07) is 0. The Kier molecular flexibility index (Phi) is 6.91. The first-order valence-electron chi connectivity index (χ1n) is 12.8. The lowest BCUT2D eigenvalue weighted by Gasteiger charge is -2.24. The highest BCUT2D eigenvalue weighted by Gasteiger charge is 2.51. The fraction of sp³-hybridized carbons (Fsp3) is 0.500. The number of phosphoric acid groups is 1. The topological polar surface area (TPSA) is 289 Å². The minimum absolute atomic E-state index is 0.0133. The van der Waals surface area contributed by atoms with E-state index < -0.39 is 79.9 Å². The number of alkyl halides is 1. The molecular formula is C20H23FN11O10PS. The number of phosphoric ester groups is 1. The maximum atomic E-state index is 15.8. The second kappa shape index (κ2) is 10.5. The van der Waals surface area contributed by atoms with Gasteiger partial charge in [-0.2, -0.15) is 18.1 Å². The average Bonchev–Trinajstić information content (AvgIpc) is 3.72. The van der Waals surface area contributed by atoms with Crippen molar-refractivity contribution in [3.05, 3.63) is 29.3 Å². The van der Waals surface area contributed by atoms with Crippen LogP contribution < -0.4 is 21.7 Å². The molecule has 0 amide bonds. The van der Waals surface area contributed by atoms with Crippen LogP contribution in [0.4, 0.5) is 16.2 Å². The summed E-state index contributed by atoms with van der Waals surface area (Å²) in [6.45, 7) is -1.25. The van der Waals surface area contributed by atoms with Crippen LogP contribution in [0.1, 0.15) is 18.9 Å². The molecular weight excluding hydrogens is 636 g/mol. The Morgan fingerprint density at radius 1 is 1.05 bits per heavy atom. The molecule has 4 aromatic heterocycles. The molecule has 0 spiro atoms. The number of H-pyrrole nitrogens is 1. The minimum Gasteiger partial charge on any atom is -0.382 e. The number of imidazole rings is 2. The van der Waals surface area contributed by atoms with Crippen molar-refractivity contribution in [3.63, 3.8) is 0 Å². The summed E-state index contributed by atoms with van der Waals surface area (Å²) >= 11 is 0. The van der Waals surface area contributed by atoms with E-state index in [1.165, 1.54) is 17.2 Å². The van der Waals surface area contributed by atoms with Crippen molar-refractivity contribution in [1.29, 1.82) is 0 Å². The average molecular weight is 660 g/mol. The molecule has 21 nitrogen and oxygen atoms in total. The molecule has 0 aromatic carbocycles. The van der Waals surface area contributed by atoms with Crippen LogP contribution in [0, 0.1) is 0 Å². The SMILES string of the molecule is Nc1nc2c(ncn2C2OC3CNS(=O)(=O)OC4C(COP(=O)(O)OC2C3)OC(n2cnc3c(N)ncnc32)C4F)c(=O)[nH]1. The van der Waals surface area contributed by atoms with Crippen molar-refractivity contribution in [2.45, 2.75) is 49.5 Å². The zero-order chi connectivity index (χ0) is 31.0. The molecule has 236 valence electrons. The van der Waals surface area contributed by atoms with E-state index in [-0.39, 0.29) is 40.5 Å². The Morgan fingerprint density at radius 2 is 1.80 bits per heavy atom. The number of fused-ring (bicyclic) bond motifs is 5. The molecule has 0 aliphatic carbocycles. The van der Waals surface area contributed by atoms with Gasteiger partial charge >= 0.3 is 18.1 Å². The van der Waals surface area contributed by atoms with Crippen molar-refractivity contribution in [3.8, 4) is 0 Å². The van der Waals surface area contributed by atoms with Gasteiger partial charge in [-0.25, -0.2) is 33.1 Å². The summed E-state index contributed by atoms with van der Waals surface area (Å²) in [6.07, 6.45) is -7.16. The van der Waals surface area contributed by atoms with E-state index in [1.54, 1.807) is 0 Å². The molecule has 8 atom stereocenters. The lowest BCUT2D eigenvalue weighted by atomic mass is 10.1. The third kappa shape index (κ3) is 5.10. The molecule has 8 unspecified atom stereocenters. The van der Waals surface area contributed by atoms with Gasteiger partial charge in [-0.05, 0) is 0 Å². The highest BCUT2D eigenvalue weighted by atomic mass is 32.2. The van der Waals surface area contributed by atoms with Crippen LogP contribution in [-0.2, 0) is 37.6 Å². The quantitative estimate of drug-likeness (QED) is 0.151. The fourth-order valence-electron chi connectivity index (χ4n) is 5.28. The minimum atomic E-state index is -4.95. The second-order valence-corrected chi connectivity index (χ2v) is 12.8. The molecule has 2 bridgehead atoms. The molecule has 0 radical (unpaired) electrons. The molecule has 3 fully saturated rings. The summed E-state index contributed by atoms with van der Waals surface area (Å²) in [5.41, 5.74) is 10.9. The van der Waals surface area contributed by atoms with E-state index in [1.807, 2.05) is 0 Å². The molecule has 44 heavy (non-hydrogen) atoms. The van der Waals surface area contributed by atoms with Crippen LogP contribution in [0.2, 0.25) is 0 Å². The number of rotatable bonds is 2. The molecule has 3 saturated heterocycles. The van der Waals surface area contributed by atoms with Crippen molar-refractivity contribution < 1.29 is 45.0 Å². The van der Waals surface area contributed by atoms with Crippen molar-refractivity contribution >= 4 is 52.2 Å². The standard InChI is InChI=1S/C20H23FN11O10PS/c21-10-13-9(40-19(10)31-5-26-11-14(22)24-4-25-15(11)31)3-38-43(34,35)41-8-1-7(2-28-44(36,37)42-13)39-18(8)32-6-27-12-16(32)29-20(23)30-17(12)33/h4-10,13,18-19,28H,1-3H2,(H,34,35)(H2,22,24,25)(H3,23,29,30,33). The predicted octanol–water partition coefficient (Wildman–Crippen LogP) is -1.62. The summed E-state index contributed by atoms with van der Waals surface area (Å²) in [7, 11) is -9.62. The Labute approximate surface area is 244 Å². The van der Waals surface area contributed by atoms with Crippen molar-refractivity contribution in [2.24, 2.45) is 0 Å². The van der Waals surface area contributed by atoms with E-state index in [4.69, 9.17) is 34.2 Å². The number of hydrogen-bond acceptors (Lipinski definition) is 16. The zero-order valence-corrected chi connectivity index (χ0v) is 23.7. The van der Waals surface area contributed by atoms with E-state index in [2.05, 4.69) is 34.6 Å². The summed E-state index contributed by atoms with van der Waals surface area (Å²) in [5.74, 6) is -0.214. The molecule has 24 heteroatoms. The van der Waals surface area contributed by atoms with Gasteiger partial charge in [0.15, 0.2) is 41.3 Å². The van der Waals surface area contributed by atoms with Crippen LogP contribution in [0.15, 0.2) is 23.8 Å². The van der Waals surface area contributed by atoms with Crippen molar-refractivity contribution in [2.75, 3.05) is 24.6 Å². The number of ether oxygens (including phenoxy) is 2. The van der Waals surface area contributed by atoms with Crippen LogP contribution >= 0.6 is 7.82 Å². The van der Waals surface area contributed by atoms with Gasteiger partial charge in [0.25, 0.3) is 5.56 Å². The van der Waals surface area contributed by atoms with E-state index >= 15 is 4.39 Å². The van der Waals surface area contributed by atoms with E-state index in [0.717, 1.165) is 10.9 Å². The van der Waals surface area contributed by atoms with Crippen LogP contribution in [0.5, 0.6) is 0 Å². The molecule has 4 aromatic rings. The van der Waals surface area contributed by atoms with Gasteiger partial charge in [-0.15, -0.1) is 0 Å². The molecule has 7 rings (SSSR count). The number of nitrogen functional groups attached to an aromatic ring is 2. The third-order valence-electron chi connectivity index (χ3n) is 7.19. The molecule has 3 aliphatic rings. The number of aromatic nitrogens is 8. The maximum Gasteiger partial charge on any atom is 0.472 e. The lowest BCUT2D eigenvalue weighted by Crippen LogP contribution is -2.41. The van der Waals surface area contributed by atoms with Gasteiger partial charge in [0.2, 0.25) is 5.95 Å². The molecule has 7 N–H and O–H groups in total. The maximum absolute atomic E-state index is 15.8. The highest BCUT2D eigenvalue weighted by molar-refractivity contribution is 7.84. The first-order valence-corrected chi connectivity index (χ1v) is 15.7. The number of halogens is 1.